The van der Waals surface area contributed by atoms with Crippen molar-refractivity contribution < 1.29 is 8.42 Å². The molecule has 0 aliphatic heterocycles. The third kappa shape index (κ3) is 3.77. The van der Waals surface area contributed by atoms with Gasteiger partial charge in [-0.1, -0.05) is 13.8 Å². The minimum absolute atomic E-state index is 0.0161. The Bertz CT molecular complexity index is 436. The van der Waals surface area contributed by atoms with Crippen LogP contribution < -0.4 is 10.0 Å². The van der Waals surface area contributed by atoms with Crippen molar-refractivity contribution in [1.82, 2.24) is 10.0 Å². The zero-order valence-corrected chi connectivity index (χ0v) is 12.1. The van der Waals surface area contributed by atoms with E-state index < -0.39 is 10.0 Å². The highest BCUT2D eigenvalue weighted by Gasteiger charge is 2.21. The van der Waals surface area contributed by atoms with Crippen molar-refractivity contribution in [2.24, 2.45) is 0 Å². The van der Waals surface area contributed by atoms with E-state index in [0.717, 1.165) is 17.7 Å². The van der Waals surface area contributed by atoms with Gasteiger partial charge in [0.15, 0.2) is 0 Å². The van der Waals surface area contributed by atoms with Gasteiger partial charge in [0.1, 0.15) is 0 Å². The van der Waals surface area contributed by atoms with Gasteiger partial charge in [0.2, 0.25) is 10.0 Å². The molecule has 6 heteroatoms. The summed E-state index contributed by atoms with van der Waals surface area (Å²) >= 11 is 1.46. The lowest BCUT2D eigenvalue weighted by Crippen LogP contribution is -2.34. The normalized spacial score (nSPS) is 12.2. The summed E-state index contributed by atoms with van der Waals surface area (Å²) in [7, 11) is -1.56. The summed E-state index contributed by atoms with van der Waals surface area (Å²) in [6.45, 7) is 4.55. The predicted molar refractivity (Wildman–Crippen MR) is 71.8 cm³/mol. The summed E-state index contributed by atoms with van der Waals surface area (Å²) in [6.07, 6.45) is 1.61. The van der Waals surface area contributed by atoms with E-state index in [4.69, 9.17) is 0 Å². The van der Waals surface area contributed by atoms with Crippen LogP contribution in [0.5, 0.6) is 0 Å². The first-order valence-corrected chi connectivity index (χ1v) is 8.14. The van der Waals surface area contributed by atoms with Crippen LogP contribution >= 0.6 is 11.3 Å². The first kappa shape index (κ1) is 14.6. The Morgan fingerprint density at radius 1 is 1.35 bits per heavy atom. The monoisotopic (exact) mass is 276 g/mol. The Balaban J connectivity index is 2.92. The second-order valence-electron chi connectivity index (χ2n) is 3.87. The molecule has 0 radical (unpaired) electrons. The van der Waals surface area contributed by atoms with Gasteiger partial charge in [-0.05, 0) is 31.3 Å². The zero-order chi connectivity index (χ0) is 12.9. The van der Waals surface area contributed by atoms with Crippen LogP contribution in [0.2, 0.25) is 0 Å². The summed E-state index contributed by atoms with van der Waals surface area (Å²) in [4.78, 5) is 1.26. The van der Waals surface area contributed by atoms with Gasteiger partial charge in [0.05, 0.1) is 4.90 Å². The summed E-state index contributed by atoms with van der Waals surface area (Å²) in [6, 6.07) is 1.68. The van der Waals surface area contributed by atoms with Gasteiger partial charge < -0.3 is 5.32 Å². The molecule has 1 heterocycles. The van der Waals surface area contributed by atoms with Gasteiger partial charge in [0.25, 0.3) is 0 Å². The van der Waals surface area contributed by atoms with Crippen LogP contribution in [-0.4, -0.2) is 21.5 Å². The zero-order valence-electron chi connectivity index (χ0n) is 10.5. The van der Waals surface area contributed by atoms with Gasteiger partial charge in [-0.3, -0.25) is 0 Å². The fraction of sp³-hybridized carbons (Fsp3) is 0.636. The second-order valence-corrected chi connectivity index (χ2v) is 6.56. The minimum Gasteiger partial charge on any atom is -0.315 e. The molecule has 98 valence electrons. The molecular formula is C11H20N2O2S2. The molecule has 1 aromatic heterocycles. The smallest absolute Gasteiger partial charge is 0.241 e. The van der Waals surface area contributed by atoms with Crippen molar-refractivity contribution in [3.05, 3.63) is 16.3 Å². The average Bonchev–Trinajstić information content (AvgIpc) is 2.75. The molecule has 0 atom stereocenters. The van der Waals surface area contributed by atoms with Crippen molar-refractivity contribution in [2.75, 3.05) is 7.05 Å². The third-order valence-electron chi connectivity index (χ3n) is 2.64. The molecule has 0 spiro atoms. The molecule has 0 fully saturated rings. The van der Waals surface area contributed by atoms with Gasteiger partial charge >= 0.3 is 0 Å². The van der Waals surface area contributed by atoms with E-state index in [1.54, 1.807) is 6.07 Å². The van der Waals surface area contributed by atoms with Gasteiger partial charge in [-0.2, -0.15) is 0 Å². The Morgan fingerprint density at radius 3 is 2.53 bits per heavy atom. The van der Waals surface area contributed by atoms with Crippen LogP contribution in [0.3, 0.4) is 0 Å². The fourth-order valence-corrected chi connectivity index (χ4v) is 4.45. The Labute approximate surface area is 107 Å². The van der Waals surface area contributed by atoms with E-state index in [-0.39, 0.29) is 6.04 Å². The first-order valence-electron chi connectivity index (χ1n) is 5.78. The van der Waals surface area contributed by atoms with Crippen LogP contribution in [0, 0.1) is 0 Å². The average molecular weight is 276 g/mol. The van der Waals surface area contributed by atoms with Gasteiger partial charge in [-0.15, -0.1) is 11.3 Å². The Kier molecular flexibility index (Phi) is 5.58. The maximum atomic E-state index is 12.2. The predicted octanol–water partition coefficient (Wildman–Crippen LogP) is 1.93. The lowest BCUT2D eigenvalue weighted by Gasteiger charge is -2.15. The topological polar surface area (TPSA) is 58.2 Å². The van der Waals surface area contributed by atoms with E-state index in [1.807, 2.05) is 26.3 Å². The lowest BCUT2D eigenvalue weighted by molar-refractivity contribution is 0.529. The van der Waals surface area contributed by atoms with Crippen LogP contribution in [0.25, 0.3) is 0 Å². The summed E-state index contributed by atoms with van der Waals surface area (Å²) in [5, 5.41) is 4.80. The number of rotatable bonds is 7. The number of nitrogens with one attached hydrogen (secondary N) is 2. The fourth-order valence-electron chi connectivity index (χ4n) is 1.60. The van der Waals surface area contributed by atoms with Crippen molar-refractivity contribution in [1.29, 1.82) is 0 Å². The number of hydrogen-bond donors (Lipinski definition) is 2. The summed E-state index contributed by atoms with van der Waals surface area (Å²) in [5.74, 6) is 0. The van der Waals surface area contributed by atoms with E-state index >= 15 is 0 Å². The number of hydrogen-bond acceptors (Lipinski definition) is 4. The van der Waals surface area contributed by atoms with Crippen LogP contribution in [0.15, 0.2) is 16.3 Å². The third-order valence-corrected chi connectivity index (χ3v) is 5.29. The number of sulfonamides is 1. The van der Waals surface area contributed by atoms with E-state index in [1.165, 1.54) is 11.3 Å². The summed E-state index contributed by atoms with van der Waals surface area (Å²) < 4.78 is 27.1. The largest absolute Gasteiger partial charge is 0.315 e. The quantitative estimate of drug-likeness (QED) is 0.800. The van der Waals surface area contributed by atoms with E-state index in [9.17, 15) is 8.42 Å². The molecule has 1 rings (SSSR count). The highest BCUT2D eigenvalue weighted by Crippen LogP contribution is 2.22. The Morgan fingerprint density at radius 2 is 2.00 bits per heavy atom. The molecule has 2 N–H and O–H groups in total. The molecule has 0 aliphatic rings. The SMILES string of the molecule is CCC(CC)NS(=O)(=O)c1ccsc1CNC. The van der Waals surface area contributed by atoms with E-state index in [0.29, 0.717) is 11.4 Å². The highest BCUT2D eigenvalue weighted by atomic mass is 32.2. The van der Waals surface area contributed by atoms with Crippen LogP contribution in [-0.2, 0) is 16.6 Å². The van der Waals surface area contributed by atoms with Gasteiger partial charge in [0, 0.05) is 17.5 Å². The molecule has 0 unspecified atom stereocenters. The van der Waals surface area contributed by atoms with Crippen molar-refractivity contribution in [2.45, 2.75) is 44.2 Å². The van der Waals surface area contributed by atoms with E-state index in [2.05, 4.69) is 10.0 Å². The Hall–Kier alpha value is -0.430. The van der Waals surface area contributed by atoms with Crippen LogP contribution in [0.1, 0.15) is 31.6 Å². The van der Waals surface area contributed by atoms with Gasteiger partial charge in [-0.25, -0.2) is 13.1 Å². The van der Waals surface area contributed by atoms with Crippen LogP contribution in [0.4, 0.5) is 0 Å². The summed E-state index contributed by atoms with van der Waals surface area (Å²) in [5.41, 5.74) is 0. The highest BCUT2D eigenvalue weighted by molar-refractivity contribution is 7.89. The molecule has 0 aliphatic carbocycles. The maximum absolute atomic E-state index is 12.2. The lowest BCUT2D eigenvalue weighted by atomic mass is 10.2. The van der Waals surface area contributed by atoms with Crippen molar-refractivity contribution in [3.63, 3.8) is 0 Å². The molecular weight excluding hydrogens is 256 g/mol. The molecule has 0 saturated heterocycles. The molecule has 1 aromatic rings. The van der Waals surface area contributed by atoms with Crippen molar-refractivity contribution >= 4 is 21.4 Å². The first-order chi connectivity index (χ1) is 8.05. The second kappa shape index (κ2) is 6.49. The molecule has 0 amide bonds. The number of thiophene rings is 1. The maximum Gasteiger partial charge on any atom is 0.241 e. The standard InChI is InChI=1S/C11H20N2O2S2/c1-4-9(5-2)13-17(14,15)11-6-7-16-10(11)8-12-3/h6-7,9,12-13H,4-5,8H2,1-3H3. The molecule has 0 bridgehead atoms. The van der Waals surface area contributed by atoms with Crippen molar-refractivity contribution in [3.8, 4) is 0 Å². The molecule has 17 heavy (non-hydrogen) atoms. The molecule has 4 nitrogen and oxygen atoms in total. The minimum atomic E-state index is -3.37. The molecule has 0 saturated carbocycles. The molecule has 0 aromatic carbocycles.